The normalized spacial score (nSPS) is 17.5. The Bertz CT molecular complexity index is 445. The number of carbonyl (C=O) groups is 2. The minimum Gasteiger partial charge on any atom is -0.377 e. The number of ether oxygens (including phenoxy) is 2. The molecule has 2 N–H and O–H groups in total. The molecule has 116 valence electrons. The van der Waals surface area contributed by atoms with Gasteiger partial charge in [0, 0.05) is 13.1 Å². The average Bonchev–Trinajstić information content (AvgIpc) is 2.48. The van der Waals surface area contributed by atoms with Crippen LogP contribution in [0.25, 0.3) is 0 Å². The molecule has 2 amide bonds. The molecule has 21 heavy (non-hydrogen) atoms. The Balaban J connectivity index is 0.00000220. The van der Waals surface area contributed by atoms with Crippen LogP contribution >= 0.6 is 0 Å². The van der Waals surface area contributed by atoms with Gasteiger partial charge in [0.15, 0.2) is 0 Å². The summed E-state index contributed by atoms with van der Waals surface area (Å²) in [6.07, 6.45) is 0. The first-order valence-electron chi connectivity index (χ1n) is 6.46. The quantitative estimate of drug-likeness (QED) is 0.628. The van der Waals surface area contributed by atoms with Crippen molar-refractivity contribution in [1.82, 2.24) is 15.6 Å². The fourth-order valence-corrected chi connectivity index (χ4v) is 1.66. The molecule has 2 bridgehead atoms. The van der Waals surface area contributed by atoms with E-state index in [0.29, 0.717) is 39.5 Å². The summed E-state index contributed by atoms with van der Waals surface area (Å²) in [5.41, 5.74) is 0.424. The molecule has 0 fully saturated rings. The molecule has 7 nitrogen and oxygen atoms in total. The van der Waals surface area contributed by atoms with E-state index >= 15 is 0 Å². The van der Waals surface area contributed by atoms with E-state index in [-0.39, 0.29) is 39.7 Å². The van der Waals surface area contributed by atoms with Crippen molar-refractivity contribution in [1.29, 1.82) is 0 Å². The first-order valence-corrected chi connectivity index (χ1v) is 6.46. The zero-order chi connectivity index (χ0) is 14.2. The molecule has 1 aromatic rings. The van der Waals surface area contributed by atoms with Gasteiger partial charge in [0.05, 0.1) is 26.4 Å². The molecule has 1 aliphatic heterocycles. The average molecular weight is 338 g/mol. The van der Waals surface area contributed by atoms with Crippen LogP contribution in [0.4, 0.5) is 0 Å². The molecule has 2 rings (SSSR count). The second kappa shape index (κ2) is 9.44. The number of fused-ring (bicyclic) bond motifs is 2. The number of hydrogen-bond acceptors (Lipinski definition) is 5. The molecule has 0 unspecified atom stereocenters. The number of aromatic nitrogens is 1. The summed E-state index contributed by atoms with van der Waals surface area (Å²) in [7, 11) is 0. The largest absolute Gasteiger partial charge is 2.00 e. The third-order valence-electron chi connectivity index (χ3n) is 2.65. The number of hydrogen-bond donors (Lipinski definition) is 2. The Morgan fingerprint density at radius 2 is 1.33 bits per heavy atom. The van der Waals surface area contributed by atoms with Gasteiger partial charge in [0.2, 0.25) is 0 Å². The van der Waals surface area contributed by atoms with Gasteiger partial charge in [-0.05, 0) is 12.1 Å². The van der Waals surface area contributed by atoms with Crippen LogP contribution in [0.15, 0.2) is 18.2 Å². The maximum atomic E-state index is 11.8. The van der Waals surface area contributed by atoms with Crippen LogP contribution in [0.2, 0.25) is 0 Å². The Morgan fingerprint density at radius 1 is 0.857 bits per heavy atom. The fraction of sp³-hybridized carbons (Fsp3) is 0.462. The van der Waals surface area contributed by atoms with Crippen molar-refractivity contribution in [2.45, 2.75) is 0 Å². The van der Waals surface area contributed by atoms with Crippen LogP contribution in [0, 0.1) is 0 Å². The second-order valence-corrected chi connectivity index (χ2v) is 4.14. The van der Waals surface area contributed by atoms with Crippen LogP contribution in [-0.2, 0) is 26.0 Å². The van der Waals surface area contributed by atoms with E-state index in [9.17, 15) is 9.59 Å². The van der Waals surface area contributed by atoms with Gasteiger partial charge in [-0.25, -0.2) is 4.98 Å². The maximum Gasteiger partial charge on any atom is 2.00 e. The SMILES string of the molecule is O=C1NCCOCCOCCNC(=O)c2cccc1n2.[Ni+2]. The van der Waals surface area contributed by atoms with E-state index in [1.54, 1.807) is 18.2 Å². The summed E-state index contributed by atoms with van der Waals surface area (Å²) in [6.45, 7) is 2.50. The number of rotatable bonds is 0. The van der Waals surface area contributed by atoms with Crippen molar-refractivity contribution in [3.63, 3.8) is 0 Å². The van der Waals surface area contributed by atoms with Crippen molar-refractivity contribution >= 4 is 11.8 Å². The summed E-state index contributed by atoms with van der Waals surface area (Å²) in [5, 5.41) is 5.35. The summed E-state index contributed by atoms with van der Waals surface area (Å²) in [5.74, 6) is -0.649. The van der Waals surface area contributed by atoms with Crippen molar-refractivity contribution < 1.29 is 35.6 Å². The van der Waals surface area contributed by atoms with Crippen molar-refractivity contribution in [3.8, 4) is 0 Å². The topological polar surface area (TPSA) is 89.5 Å². The smallest absolute Gasteiger partial charge is 0.377 e. The summed E-state index contributed by atoms with van der Waals surface area (Å²) < 4.78 is 10.6. The Kier molecular flexibility index (Phi) is 7.89. The Hall–Kier alpha value is -1.50. The standard InChI is InChI=1S/C13H17N3O4.Ni/c17-12-10-2-1-3-11(16-10)13(18)15-5-7-20-9-8-19-6-4-14-12;/h1-3H,4-9H2,(H,14,17)(H,15,18);/q;+2. The summed E-state index contributed by atoms with van der Waals surface area (Å²) in [6, 6.07) is 4.75. The van der Waals surface area contributed by atoms with Gasteiger partial charge in [-0.2, -0.15) is 0 Å². The van der Waals surface area contributed by atoms with Crippen molar-refractivity contribution in [2.24, 2.45) is 0 Å². The Labute approximate surface area is 132 Å². The molecule has 0 radical (unpaired) electrons. The predicted octanol–water partition coefficient (Wildman–Crippen LogP) is -0.414. The van der Waals surface area contributed by atoms with Gasteiger partial charge in [0.1, 0.15) is 11.4 Å². The molecule has 0 spiro atoms. The summed E-state index contributed by atoms with van der Waals surface area (Å²) >= 11 is 0. The molecule has 0 saturated heterocycles. The van der Waals surface area contributed by atoms with Gasteiger partial charge in [0.25, 0.3) is 11.8 Å². The monoisotopic (exact) mass is 337 g/mol. The first kappa shape index (κ1) is 17.6. The summed E-state index contributed by atoms with van der Waals surface area (Å²) in [4.78, 5) is 27.7. The van der Waals surface area contributed by atoms with Crippen molar-refractivity contribution in [2.75, 3.05) is 39.5 Å². The van der Waals surface area contributed by atoms with Crippen molar-refractivity contribution in [3.05, 3.63) is 29.6 Å². The van der Waals surface area contributed by atoms with E-state index < -0.39 is 0 Å². The minimum atomic E-state index is -0.325. The zero-order valence-corrected chi connectivity index (χ0v) is 12.4. The van der Waals surface area contributed by atoms with Crippen LogP contribution < -0.4 is 10.6 Å². The maximum absolute atomic E-state index is 11.8. The van der Waals surface area contributed by atoms with Gasteiger partial charge in [-0.15, -0.1) is 0 Å². The number of carbonyl (C=O) groups excluding carboxylic acids is 2. The molecule has 8 heteroatoms. The third kappa shape index (κ3) is 5.79. The van der Waals surface area contributed by atoms with Crippen LogP contribution in [-0.4, -0.2) is 56.3 Å². The third-order valence-corrected chi connectivity index (χ3v) is 2.65. The minimum absolute atomic E-state index is 0. The molecule has 1 aromatic heterocycles. The van der Waals surface area contributed by atoms with Crippen LogP contribution in [0.3, 0.4) is 0 Å². The van der Waals surface area contributed by atoms with Gasteiger partial charge >= 0.3 is 16.5 Å². The van der Waals surface area contributed by atoms with E-state index in [1.807, 2.05) is 0 Å². The van der Waals surface area contributed by atoms with Gasteiger partial charge in [-0.3, -0.25) is 9.59 Å². The zero-order valence-electron chi connectivity index (χ0n) is 11.4. The Morgan fingerprint density at radius 3 is 1.81 bits per heavy atom. The number of amides is 2. The molecule has 2 heterocycles. The molecule has 0 atom stereocenters. The number of pyridine rings is 1. The second-order valence-electron chi connectivity index (χ2n) is 4.14. The predicted molar refractivity (Wildman–Crippen MR) is 70.5 cm³/mol. The van der Waals surface area contributed by atoms with E-state index in [4.69, 9.17) is 9.47 Å². The molecular weight excluding hydrogens is 321 g/mol. The van der Waals surface area contributed by atoms with Crippen LogP contribution in [0.1, 0.15) is 21.0 Å². The number of nitrogens with one attached hydrogen (secondary N) is 2. The van der Waals surface area contributed by atoms with E-state index in [0.717, 1.165) is 0 Å². The molecular formula is C13H17N3NiO4+2. The molecule has 0 aliphatic carbocycles. The van der Waals surface area contributed by atoms with Gasteiger partial charge in [-0.1, -0.05) is 6.07 Å². The molecule has 1 aliphatic rings. The van der Waals surface area contributed by atoms with E-state index in [1.165, 1.54) is 0 Å². The molecule has 0 aromatic carbocycles. The van der Waals surface area contributed by atoms with E-state index in [2.05, 4.69) is 15.6 Å². The fourth-order valence-electron chi connectivity index (χ4n) is 1.66. The van der Waals surface area contributed by atoms with Gasteiger partial charge < -0.3 is 20.1 Å². The van der Waals surface area contributed by atoms with Crippen LogP contribution in [0.5, 0.6) is 0 Å². The first-order chi connectivity index (χ1) is 9.77. The molecule has 0 saturated carbocycles. The number of nitrogens with zero attached hydrogens (tertiary/aromatic N) is 1.